The van der Waals surface area contributed by atoms with E-state index in [1.165, 1.54) is 0 Å². The van der Waals surface area contributed by atoms with Crippen LogP contribution < -0.4 is 5.32 Å². The Bertz CT molecular complexity index is 531. The Labute approximate surface area is 136 Å². The number of nitrogens with zero attached hydrogens (tertiary/aromatic N) is 1. The van der Waals surface area contributed by atoms with Crippen molar-refractivity contribution in [2.75, 3.05) is 20.1 Å². The van der Waals surface area contributed by atoms with Crippen molar-refractivity contribution in [3.8, 4) is 0 Å². The summed E-state index contributed by atoms with van der Waals surface area (Å²) in [5.41, 5.74) is 0.295. The molecule has 5 heteroatoms. The monoisotopic (exact) mass is 328 g/mol. The average molecular weight is 329 g/mol. The Kier molecular flexibility index (Phi) is 5.18. The van der Waals surface area contributed by atoms with Crippen molar-refractivity contribution in [1.29, 1.82) is 0 Å². The standard InChI is InChI=1S/C16H22Cl2N2O/c1-16(2,12-7-4-8-13(17)14(12)18)19-15(21)11-6-5-9-20(3)10-11/h4,7-8,11H,5-6,9-10H2,1-3H3,(H,19,21). The molecule has 1 heterocycles. The number of amides is 1. The molecule has 1 aliphatic heterocycles. The maximum Gasteiger partial charge on any atom is 0.225 e. The summed E-state index contributed by atoms with van der Waals surface area (Å²) in [6.45, 7) is 5.78. The van der Waals surface area contributed by atoms with Crippen molar-refractivity contribution in [2.24, 2.45) is 5.92 Å². The van der Waals surface area contributed by atoms with Gasteiger partial charge in [0, 0.05) is 6.54 Å². The number of likely N-dealkylation sites (tertiary alicyclic amines) is 1. The summed E-state index contributed by atoms with van der Waals surface area (Å²) < 4.78 is 0. The second-order valence-corrected chi connectivity index (χ2v) is 7.10. The SMILES string of the molecule is CN1CCCC(C(=O)NC(C)(C)c2cccc(Cl)c2Cl)C1. The molecule has 1 aromatic carbocycles. The molecule has 1 unspecified atom stereocenters. The minimum Gasteiger partial charge on any atom is -0.347 e. The zero-order valence-corrected chi connectivity index (χ0v) is 14.3. The van der Waals surface area contributed by atoms with Crippen molar-refractivity contribution in [3.63, 3.8) is 0 Å². The summed E-state index contributed by atoms with van der Waals surface area (Å²) in [6, 6.07) is 5.51. The van der Waals surface area contributed by atoms with Crippen LogP contribution in [0, 0.1) is 5.92 Å². The number of benzene rings is 1. The Hall–Kier alpha value is -0.770. The van der Waals surface area contributed by atoms with Crippen molar-refractivity contribution in [3.05, 3.63) is 33.8 Å². The molecule has 1 aromatic rings. The molecule has 116 valence electrons. The van der Waals surface area contributed by atoms with Crippen LogP contribution in [0.25, 0.3) is 0 Å². The molecule has 1 atom stereocenters. The predicted molar refractivity (Wildman–Crippen MR) is 87.9 cm³/mol. The number of halogens is 2. The predicted octanol–water partition coefficient (Wildman–Crippen LogP) is 3.69. The van der Waals surface area contributed by atoms with Gasteiger partial charge in [0.25, 0.3) is 0 Å². The number of piperidine rings is 1. The Morgan fingerprint density at radius 2 is 2.10 bits per heavy atom. The van der Waals surface area contributed by atoms with Crippen LogP contribution in [0.3, 0.4) is 0 Å². The van der Waals surface area contributed by atoms with Crippen LogP contribution in [0.1, 0.15) is 32.3 Å². The summed E-state index contributed by atoms with van der Waals surface area (Å²) in [5, 5.41) is 4.14. The van der Waals surface area contributed by atoms with E-state index in [0.717, 1.165) is 31.5 Å². The third-order valence-corrected chi connectivity index (χ3v) is 4.87. The van der Waals surface area contributed by atoms with Gasteiger partial charge in [-0.1, -0.05) is 35.3 Å². The first-order chi connectivity index (χ1) is 9.81. The molecule has 0 spiro atoms. The quantitative estimate of drug-likeness (QED) is 0.917. The summed E-state index contributed by atoms with van der Waals surface area (Å²) in [6.07, 6.45) is 2.00. The highest BCUT2D eigenvalue weighted by molar-refractivity contribution is 6.42. The molecule has 1 N–H and O–H groups in total. The number of carbonyl (C=O) groups excluding carboxylic acids is 1. The summed E-state index contributed by atoms with van der Waals surface area (Å²) >= 11 is 12.4. The maximum atomic E-state index is 12.5. The first-order valence-corrected chi connectivity index (χ1v) is 8.02. The molecule has 0 radical (unpaired) electrons. The first kappa shape index (κ1) is 16.6. The van der Waals surface area contributed by atoms with Crippen LogP contribution in [0.15, 0.2) is 18.2 Å². The van der Waals surface area contributed by atoms with E-state index in [1.54, 1.807) is 6.07 Å². The second-order valence-electron chi connectivity index (χ2n) is 6.32. The molecule has 0 saturated carbocycles. The fourth-order valence-electron chi connectivity index (χ4n) is 2.84. The first-order valence-electron chi connectivity index (χ1n) is 7.26. The lowest BCUT2D eigenvalue weighted by Crippen LogP contribution is -2.48. The molecular formula is C16H22Cl2N2O. The fourth-order valence-corrected chi connectivity index (χ4v) is 3.38. The molecule has 2 rings (SSSR count). The lowest BCUT2D eigenvalue weighted by atomic mass is 9.91. The van der Waals surface area contributed by atoms with Gasteiger partial charge in [-0.05, 0) is 51.9 Å². The third-order valence-electron chi connectivity index (χ3n) is 4.06. The number of hydrogen-bond donors (Lipinski definition) is 1. The number of nitrogens with one attached hydrogen (secondary N) is 1. The zero-order chi connectivity index (χ0) is 15.6. The number of hydrogen-bond acceptors (Lipinski definition) is 2. The highest BCUT2D eigenvalue weighted by Crippen LogP contribution is 2.33. The minimum atomic E-state index is -0.547. The highest BCUT2D eigenvalue weighted by Gasteiger charge is 2.31. The van der Waals surface area contributed by atoms with Gasteiger partial charge in [-0.3, -0.25) is 4.79 Å². The van der Waals surface area contributed by atoms with Crippen LogP contribution in [0.4, 0.5) is 0 Å². The molecule has 1 saturated heterocycles. The van der Waals surface area contributed by atoms with Gasteiger partial charge in [-0.15, -0.1) is 0 Å². The van der Waals surface area contributed by atoms with E-state index in [2.05, 4.69) is 17.3 Å². The lowest BCUT2D eigenvalue weighted by molar-refractivity contribution is -0.128. The van der Waals surface area contributed by atoms with E-state index >= 15 is 0 Å². The van der Waals surface area contributed by atoms with Gasteiger partial charge in [0.1, 0.15) is 0 Å². The Morgan fingerprint density at radius 3 is 2.76 bits per heavy atom. The molecule has 0 aromatic heterocycles. The summed E-state index contributed by atoms with van der Waals surface area (Å²) in [7, 11) is 2.05. The fraction of sp³-hybridized carbons (Fsp3) is 0.562. The van der Waals surface area contributed by atoms with E-state index < -0.39 is 5.54 Å². The molecule has 0 aliphatic carbocycles. The van der Waals surface area contributed by atoms with E-state index in [4.69, 9.17) is 23.2 Å². The van der Waals surface area contributed by atoms with Gasteiger partial charge in [0.15, 0.2) is 0 Å². The van der Waals surface area contributed by atoms with Crippen LogP contribution >= 0.6 is 23.2 Å². The molecule has 3 nitrogen and oxygen atoms in total. The minimum absolute atomic E-state index is 0.0426. The van der Waals surface area contributed by atoms with Gasteiger partial charge in [0.05, 0.1) is 21.5 Å². The molecule has 1 fully saturated rings. The van der Waals surface area contributed by atoms with Gasteiger partial charge in [-0.2, -0.15) is 0 Å². The smallest absolute Gasteiger partial charge is 0.225 e. The molecule has 1 amide bonds. The summed E-state index contributed by atoms with van der Waals surface area (Å²) in [5.74, 6) is 0.128. The maximum absolute atomic E-state index is 12.5. The molecule has 0 bridgehead atoms. The van der Waals surface area contributed by atoms with Gasteiger partial charge in [-0.25, -0.2) is 0 Å². The highest BCUT2D eigenvalue weighted by atomic mass is 35.5. The topological polar surface area (TPSA) is 32.3 Å². The van der Waals surface area contributed by atoms with Crippen LogP contribution in [0.5, 0.6) is 0 Å². The second kappa shape index (κ2) is 6.55. The van der Waals surface area contributed by atoms with Crippen LogP contribution in [-0.2, 0) is 10.3 Å². The Morgan fingerprint density at radius 1 is 1.38 bits per heavy atom. The zero-order valence-electron chi connectivity index (χ0n) is 12.7. The van der Waals surface area contributed by atoms with Crippen molar-refractivity contribution in [2.45, 2.75) is 32.2 Å². The number of carbonyl (C=O) groups is 1. The van der Waals surface area contributed by atoms with E-state index in [9.17, 15) is 4.79 Å². The van der Waals surface area contributed by atoms with Crippen LogP contribution in [0.2, 0.25) is 10.0 Å². The van der Waals surface area contributed by atoms with Gasteiger partial charge in [0.2, 0.25) is 5.91 Å². The average Bonchev–Trinajstić information content (AvgIpc) is 2.41. The van der Waals surface area contributed by atoms with Gasteiger partial charge >= 0.3 is 0 Å². The van der Waals surface area contributed by atoms with Crippen molar-refractivity contribution in [1.82, 2.24) is 10.2 Å². The normalized spacial score (nSPS) is 20.3. The van der Waals surface area contributed by atoms with Gasteiger partial charge < -0.3 is 10.2 Å². The van der Waals surface area contributed by atoms with Crippen molar-refractivity contribution >= 4 is 29.1 Å². The molecule has 1 aliphatic rings. The largest absolute Gasteiger partial charge is 0.347 e. The summed E-state index contributed by atoms with van der Waals surface area (Å²) in [4.78, 5) is 14.7. The third kappa shape index (κ3) is 3.91. The van der Waals surface area contributed by atoms with E-state index in [0.29, 0.717) is 10.0 Å². The number of rotatable bonds is 3. The molecular weight excluding hydrogens is 307 g/mol. The van der Waals surface area contributed by atoms with E-state index in [1.807, 2.05) is 26.0 Å². The van der Waals surface area contributed by atoms with Crippen LogP contribution in [-0.4, -0.2) is 30.9 Å². The molecule has 21 heavy (non-hydrogen) atoms. The Balaban J connectivity index is 2.13. The van der Waals surface area contributed by atoms with E-state index in [-0.39, 0.29) is 11.8 Å². The lowest BCUT2D eigenvalue weighted by Gasteiger charge is -2.33. The van der Waals surface area contributed by atoms with Crippen molar-refractivity contribution < 1.29 is 4.79 Å².